The SMILES string of the molecule is Cc1ccc(COC(=O)Nc2cc3c(cc2C)C24OC25[C@H](C#CC=CC52C#C[C@]4(C)CC2)N3C)cc1C. The zero-order chi connectivity index (χ0) is 25.8. The molecule has 5 nitrogen and oxygen atoms in total. The van der Waals surface area contributed by atoms with Crippen molar-refractivity contribution in [1.82, 2.24) is 0 Å². The van der Waals surface area contributed by atoms with Gasteiger partial charge < -0.3 is 14.4 Å². The van der Waals surface area contributed by atoms with Gasteiger partial charge in [-0.2, -0.15) is 0 Å². The molecule has 1 saturated carbocycles. The second-order valence-corrected chi connectivity index (χ2v) is 11.5. The maximum absolute atomic E-state index is 12.8. The van der Waals surface area contributed by atoms with Crippen LogP contribution in [0.15, 0.2) is 42.5 Å². The fourth-order valence-corrected chi connectivity index (χ4v) is 7.32. The molecule has 8 rings (SSSR count). The van der Waals surface area contributed by atoms with Gasteiger partial charge in [0, 0.05) is 24.0 Å². The van der Waals surface area contributed by atoms with E-state index in [2.05, 4.69) is 79.9 Å². The molecular formula is C32H30N2O3. The number of epoxide rings is 1. The predicted octanol–water partition coefficient (Wildman–Crippen LogP) is 5.52. The molecule has 0 radical (unpaired) electrons. The van der Waals surface area contributed by atoms with Crippen molar-refractivity contribution < 1.29 is 14.3 Å². The molecule has 37 heavy (non-hydrogen) atoms. The van der Waals surface area contributed by atoms with Crippen LogP contribution >= 0.6 is 0 Å². The topological polar surface area (TPSA) is 54.1 Å². The molecule has 1 amide bonds. The Labute approximate surface area is 218 Å². The molecule has 0 aromatic heterocycles. The number of carbonyl (C=O) groups is 1. The maximum atomic E-state index is 12.8. The normalized spacial score (nSPS) is 34.5. The van der Waals surface area contributed by atoms with Gasteiger partial charge in [-0.1, -0.05) is 48.0 Å². The average molecular weight is 491 g/mol. The van der Waals surface area contributed by atoms with Gasteiger partial charge in [-0.15, -0.1) is 0 Å². The first-order valence-corrected chi connectivity index (χ1v) is 13.0. The van der Waals surface area contributed by atoms with Crippen LogP contribution in [-0.4, -0.2) is 24.8 Å². The highest BCUT2D eigenvalue weighted by Crippen LogP contribution is 2.82. The van der Waals surface area contributed by atoms with Crippen LogP contribution in [0.2, 0.25) is 0 Å². The van der Waals surface area contributed by atoms with E-state index in [1.54, 1.807) is 0 Å². The van der Waals surface area contributed by atoms with E-state index >= 15 is 0 Å². The lowest BCUT2D eigenvalue weighted by atomic mass is 9.46. The van der Waals surface area contributed by atoms with E-state index in [9.17, 15) is 4.79 Å². The van der Waals surface area contributed by atoms with Crippen molar-refractivity contribution in [3.05, 3.63) is 70.3 Å². The van der Waals surface area contributed by atoms with Gasteiger partial charge >= 0.3 is 6.09 Å². The number of nitrogens with zero attached hydrogens (tertiary/aromatic N) is 1. The molecule has 2 bridgehead atoms. The fourth-order valence-electron chi connectivity index (χ4n) is 7.32. The second-order valence-electron chi connectivity index (χ2n) is 11.5. The molecule has 5 heteroatoms. The van der Waals surface area contributed by atoms with Crippen molar-refractivity contribution in [3.63, 3.8) is 0 Å². The lowest BCUT2D eigenvalue weighted by Crippen LogP contribution is -2.65. The summed E-state index contributed by atoms with van der Waals surface area (Å²) < 4.78 is 12.6. The molecule has 2 fully saturated rings. The third-order valence-electron chi connectivity index (χ3n) is 9.54. The van der Waals surface area contributed by atoms with Gasteiger partial charge in [-0.3, -0.25) is 5.32 Å². The summed E-state index contributed by atoms with van der Waals surface area (Å²) in [7, 11) is 2.08. The molecule has 2 spiro atoms. The van der Waals surface area contributed by atoms with Crippen molar-refractivity contribution in [2.75, 3.05) is 17.3 Å². The van der Waals surface area contributed by atoms with Crippen LogP contribution in [0.1, 0.15) is 47.6 Å². The van der Waals surface area contributed by atoms with Crippen molar-refractivity contribution in [2.24, 2.45) is 10.8 Å². The van der Waals surface area contributed by atoms with E-state index in [0.29, 0.717) is 0 Å². The lowest BCUT2D eigenvalue weighted by Gasteiger charge is -2.55. The first-order valence-electron chi connectivity index (χ1n) is 13.0. The summed E-state index contributed by atoms with van der Waals surface area (Å²) in [6, 6.07) is 10.2. The number of ether oxygens (including phenoxy) is 2. The van der Waals surface area contributed by atoms with Gasteiger partial charge in [0.15, 0.2) is 5.60 Å². The number of anilines is 2. The first kappa shape index (κ1) is 22.5. The third kappa shape index (κ3) is 2.58. The zero-order valence-electron chi connectivity index (χ0n) is 21.9. The minimum atomic E-state index is -0.507. The molecule has 2 aliphatic heterocycles. The number of likely N-dealkylation sites (N-methyl/N-ethyl adjacent to an activating group) is 1. The molecule has 1 N–H and O–H groups in total. The number of nitrogens with one attached hydrogen (secondary N) is 1. The van der Waals surface area contributed by atoms with E-state index in [4.69, 9.17) is 9.47 Å². The molecule has 2 aromatic rings. The van der Waals surface area contributed by atoms with Gasteiger partial charge in [-0.25, -0.2) is 4.79 Å². The summed E-state index contributed by atoms with van der Waals surface area (Å²) in [4.78, 5) is 15.0. The van der Waals surface area contributed by atoms with E-state index in [1.165, 1.54) is 11.1 Å². The van der Waals surface area contributed by atoms with E-state index < -0.39 is 17.3 Å². The highest BCUT2D eigenvalue weighted by atomic mass is 16.6. The zero-order valence-corrected chi connectivity index (χ0v) is 21.9. The number of hydrogen-bond acceptors (Lipinski definition) is 4. The van der Waals surface area contributed by atoms with Crippen LogP contribution in [-0.2, 0) is 21.7 Å². The molecule has 2 aromatic carbocycles. The highest BCUT2D eigenvalue weighted by Gasteiger charge is 2.91. The number of fused-ring (bicyclic) bond motifs is 2. The Balaban J connectivity index is 1.24. The Kier molecular flexibility index (Phi) is 4.26. The number of rotatable bonds is 3. The van der Waals surface area contributed by atoms with E-state index in [0.717, 1.165) is 40.9 Å². The fraction of sp³-hybridized carbons (Fsp3) is 0.406. The van der Waals surface area contributed by atoms with Gasteiger partial charge in [0.1, 0.15) is 18.2 Å². The van der Waals surface area contributed by atoms with Gasteiger partial charge in [0.05, 0.1) is 10.8 Å². The molecular weight excluding hydrogens is 460 g/mol. The lowest BCUT2D eigenvalue weighted by molar-refractivity contribution is 0.114. The number of allylic oxidation sites excluding steroid dienone is 1. The van der Waals surface area contributed by atoms with Crippen molar-refractivity contribution >= 4 is 17.5 Å². The highest BCUT2D eigenvalue weighted by molar-refractivity contribution is 5.88. The summed E-state index contributed by atoms with van der Waals surface area (Å²) in [6.45, 7) is 8.62. The maximum Gasteiger partial charge on any atom is 0.411 e. The third-order valence-corrected chi connectivity index (χ3v) is 9.54. The van der Waals surface area contributed by atoms with Gasteiger partial charge in [0.2, 0.25) is 0 Å². The van der Waals surface area contributed by atoms with Crippen LogP contribution in [0, 0.1) is 55.3 Å². The largest absolute Gasteiger partial charge is 0.444 e. The van der Waals surface area contributed by atoms with Crippen molar-refractivity contribution in [1.29, 1.82) is 0 Å². The number of carbonyl (C=O) groups excluding carboxylic acids is 1. The number of hydrogen-bond donors (Lipinski definition) is 1. The smallest absolute Gasteiger partial charge is 0.411 e. The molecule has 4 aliphatic carbocycles. The minimum absolute atomic E-state index is 0.128. The molecule has 2 heterocycles. The molecule has 186 valence electrons. The molecule has 1 saturated heterocycles. The van der Waals surface area contributed by atoms with E-state index in [-0.39, 0.29) is 23.5 Å². The Morgan fingerprint density at radius 3 is 2.73 bits per heavy atom. The van der Waals surface area contributed by atoms with Crippen LogP contribution in [0.4, 0.5) is 16.2 Å². The van der Waals surface area contributed by atoms with Crippen LogP contribution in [0.3, 0.4) is 0 Å². The average Bonchev–Trinajstić information content (AvgIpc) is 3.64. The number of benzene rings is 2. The van der Waals surface area contributed by atoms with Gasteiger partial charge in [0.25, 0.3) is 0 Å². The molecule has 6 aliphatic rings. The summed E-state index contributed by atoms with van der Waals surface area (Å²) in [5.41, 5.74) is 5.62. The molecule has 5 atom stereocenters. The number of amides is 1. The van der Waals surface area contributed by atoms with Gasteiger partial charge in [-0.05, 0) is 81.0 Å². The Morgan fingerprint density at radius 2 is 1.97 bits per heavy atom. The van der Waals surface area contributed by atoms with Crippen molar-refractivity contribution in [2.45, 2.75) is 64.4 Å². The molecule has 3 unspecified atom stereocenters. The summed E-state index contributed by atoms with van der Waals surface area (Å²) in [5.74, 6) is 14.0. The van der Waals surface area contributed by atoms with E-state index in [1.807, 2.05) is 31.2 Å². The minimum Gasteiger partial charge on any atom is -0.444 e. The standard InChI is InChI=1S/C32H30N2O3/c1-20-9-10-23(16-21(20)2)19-36-28(35)33-25-18-26-24(17-22(25)3)31-29(4)12-14-30(15-13-29)11-7-6-8-27(34(26)5)32(30,31)37-31/h7,9-11,16-18,27H,12,14,19H2,1-5H3,(H,33,35)/t27-,29-,30?,31?,32?/m0/s1. The quantitative estimate of drug-likeness (QED) is 0.455. The van der Waals surface area contributed by atoms with Crippen molar-refractivity contribution in [3.8, 4) is 23.7 Å². The summed E-state index contributed by atoms with van der Waals surface area (Å²) >= 11 is 0. The Bertz CT molecular complexity index is 1570. The van der Waals surface area contributed by atoms with Crippen LogP contribution < -0.4 is 10.2 Å². The Morgan fingerprint density at radius 1 is 1.14 bits per heavy atom. The predicted molar refractivity (Wildman–Crippen MR) is 143 cm³/mol. The summed E-state index contributed by atoms with van der Waals surface area (Å²) in [6.07, 6.45) is 5.64. The monoisotopic (exact) mass is 490 g/mol. The second kappa shape index (κ2) is 7.00. The first-order chi connectivity index (χ1) is 17.7. The van der Waals surface area contributed by atoms with Crippen LogP contribution in [0.25, 0.3) is 0 Å². The Hall–Kier alpha value is -3.67. The summed E-state index contributed by atoms with van der Waals surface area (Å²) in [5, 5.41) is 2.98. The number of aryl methyl sites for hydroxylation is 3. The van der Waals surface area contributed by atoms with Crippen LogP contribution in [0.5, 0.6) is 0 Å².